The molecule has 2 aliphatic rings. The van der Waals surface area contributed by atoms with Crippen LogP contribution in [0.25, 0.3) is 0 Å². The highest BCUT2D eigenvalue weighted by Gasteiger charge is 2.48. The topological polar surface area (TPSA) is 69.4 Å². The zero-order valence-corrected chi connectivity index (χ0v) is 7.84. The van der Waals surface area contributed by atoms with E-state index in [4.69, 9.17) is 5.90 Å². The molecule has 2 bridgehead atoms. The van der Waals surface area contributed by atoms with E-state index in [0.29, 0.717) is 8.58 Å². The summed E-state index contributed by atoms with van der Waals surface area (Å²) in [6.07, 6.45) is 4.86. The Morgan fingerprint density at radius 2 is 2.15 bits per heavy atom. The van der Waals surface area contributed by atoms with Crippen molar-refractivity contribution in [3.8, 4) is 0 Å². The molecule has 0 aliphatic carbocycles. The van der Waals surface area contributed by atoms with Crippen LogP contribution in [0.15, 0.2) is 12.2 Å². The molecule has 4 nitrogen and oxygen atoms in total. The summed E-state index contributed by atoms with van der Waals surface area (Å²) in [5.74, 6) is 3.80. The molecule has 1 fully saturated rings. The molecule has 0 aromatic heterocycles. The summed E-state index contributed by atoms with van der Waals surface area (Å²) < 4.78 is 0. The third-order valence-corrected chi connectivity index (χ3v) is 4.57. The van der Waals surface area contributed by atoms with E-state index in [1.807, 2.05) is 12.2 Å². The van der Waals surface area contributed by atoms with Crippen LogP contribution in [-0.2, 0) is 14.4 Å². The molecule has 70 valence electrons. The molecule has 2 rings (SSSR count). The van der Waals surface area contributed by atoms with Gasteiger partial charge in [-0.1, -0.05) is 12.2 Å². The van der Waals surface area contributed by atoms with Crippen molar-refractivity contribution in [3.05, 3.63) is 12.2 Å². The fraction of sp³-hybridized carbons (Fsp3) is 0.500. The first-order valence-corrected chi connectivity index (χ1v) is 5.23. The number of hydrogen-bond acceptors (Lipinski definition) is 4. The number of carbonyl (C=O) groups excluding carboxylic acids is 2. The van der Waals surface area contributed by atoms with E-state index in [9.17, 15) is 9.59 Å². The molecule has 0 aromatic rings. The Bertz CT molecular complexity index is 279. The van der Waals surface area contributed by atoms with Crippen LogP contribution in [0.3, 0.4) is 0 Å². The Morgan fingerprint density at radius 1 is 1.46 bits per heavy atom. The van der Waals surface area contributed by atoms with E-state index in [1.54, 1.807) is 0 Å². The third-order valence-electron chi connectivity index (χ3n) is 2.67. The number of rotatable bonds is 2. The summed E-state index contributed by atoms with van der Waals surface area (Å²) in [6, 6.07) is 0. The molecule has 1 saturated heterocycles. The first-order valence-electron chi connectivity index (χ1n) is 4.08. The maximum absolute atomic E-state index is 11.2. The van der Waals surface area contributed by atoms with Gasteiger partial charge in [0.15, 0.2) is 0 Å². The second kappa shape index (κ2) is 3.20. The Balaban J connectivity index is 2.23. The number of nitrogens with two attached hydrogens (primary N) is 1. The lowest BCUT2D eigenvalue weighted by molar-refractivity contribution is -0.151. The van der Waals surface area contributed by atoms with Gasteiger partial charge in [0, 0.05) is 17.2 Å². The monoisotopic (exact) mass is 199 g/mol. The molecule has 2 N–H and O–H groups in total. The lowest BCUT2D eigenvalue weighted by Crippen LogP contribution is -2.34. The van der Waals surface area contributed by atoms with Gasteiger partial charge in [-0.3, -0.25) is 4.79 Å². The van der Waals surface area contributed by atoms with Crippen molar-refractivity contribution in [1.29, 1.82) is 0 Å². The van der Waals surface area contributed by atoms with Crippen molar-refractivity contribution in [2.75, 3.05) is 0 Å². The summed E-state index contributed by atoms with van der Waals surface area (Å²) in [4.78, 5) is 26.2. The Labute approximate surface area is 77.2 Å². The molecule has 5 unspecified atom stereocenters. The van der Waals surface area contributed by atoms with E-state index in [0.717, 1.165) is 6.29 Å². The predicted molar refractivity (Wildman–Crippen MR) is 48.4 cm³/mol. The van der Waals surface area contributed by atoms with Gasteiger partial charge in [-0.2, -0.15) is 5.90 Å². The highest BCUT2D eigenvalue weighted by molar-refractivity contribution is 7.41. The molecule has 0 saturated carbocycles. The van der Waals surface area contributed by atoms with E-state index in [-0.39, 0.29) is 23.2 Å². The summed E-state index contributed by atoms with van der Waals surface area (Å²) in [5.41, 5.74) is 0.419. The van der Waals surface area contributed by atoms with Crippen molar-refractivity contribution in [3.63, 3.8) is 0 Å². The van der Waals surface area contributed by atoms with Crippen LogP contribution in [0, 0.1) is 11.8 Å². The lowest BCUT2D eigenvalue weighted by Gasteiger charge is -2.19. The van der Waals surface area contributed by atoms with E-state index in [2.05, 4.69) is 4.84 Å². The van der Waals surface area contributed by atoms with Crippen LogP contribution in [0.5, 0.6) is 0 Å². The van der Waals surface area contributed by atoms with E-state index >= 15 is 0 Å². The highest BCUT2D eigenvalue weighted by atomic mass is 31.1. The molecule has 0 amide bonds. The van der Waals surface area contributed by atoms with Gasteiger partial charge in [0.1, 0.15) is 6.29 Å². The van der Waals surface area contributed by atoms with Crippen LogP contribution in [0.2, 0.25) is 0 Å². The van der Waals surface area contributed by atoms with Crippen molar-refractivity contribution in [2.45, 2.75) is 11.3 Å². The third kappa shape index (κ3) is 1.21. The van der Waals surface area contributed by atoms with Crippen molar-refractivity contribution >= 4 is 20.8 Å². The predicted octanol–water partition coefficient (Wildman–Crippen LogP) is -0.166. The van der Waals surface area contributed by atoms with Gasteiger partial charge in [0.2, 0.25) is 0 Å². The van der Waals surface area contributed by atoms with Crippen molar-refractivity contribution in [1.82, 2.24) is 0 Å². The molecule has 0 spiro atoms. The van der Waals surface area contributed by atoms with Crippen LogP contribution < -0.4 is 5.90 Å². The summed E-state index contributed by atoms with van der Waals surface area (Å²) >= 11 is 0. The maximum atomic E-state index is 11.2. The van der Waals surface area contributed by atoms with Crippen LogP contribution >= 0.6 is 8.58 Å². The van der Waals surface area contributed by atoms with Crippen LogP contribution in [0.1, 0.15) is 0 Å². The summed E-state index contributed by atoms with van der Waals surface area (Å²) in [5, 5.41) is 0. The number of allylic oxidation sites excluding steroid dienone is 2. The van der Waals surface area contributed by atoms with Gasteiger partial charge in [0.05, 0.1) is 5.92 Å². The quantitative estimate of drug-likeness (QED) is 0.290. The van der Waals surface area contributed by atoms with E-state index < -0.39 is 5.97 Å². The first-order chi connectivity index (χ1) is 6.27. The number of carbonyl (C=O) groups is 2. The lowest BCUT2D eigenvalue weighted by atomic mass is 9.84. The second-order valence-corrected chi connectivity index (χ2v) is 4.95. The minimum atomic E-state index is -0.457. The van der Waals surface area contributed by atoms with E-state index in [1.165, 1.54) is 0 Å². The second-order valence-electron chi connectivity index (χ2n) is 3.28. The van der Waals surface area contributed by atoms with Crippen LogP contribution in [0.4, 0.5) is 0 Å². The van der Waals surface area contributed by atoms with Gasteiger partial charge in [-0.15, -0.1) is 8.58 Å². The average Bonchev–Trinajstić information content (AvgIpc) is 2.74. The fourth-order valence-electron chi connectivity index (χ4n) is 2.05. The van der Waals surface area contributed by atoms with Gasteiger partial charge >= 0.3 is 5.97 Å². The molecular formula is C8H10NO3P. The normalized spacial score (nSPS) is 42.5. The minimum Gasteiger partial charge on any atom is -0.373 e. The molecule has 0 aromatic carbocycles. The minimum absolute atomic E-state index is 0.177. The van der Waals surface area contributed by atoms with Gasteiger partial charge in [-0.05, 0) is 0 Å². The van der Waals surface area contributed by atoms with Gasteiger partial charge in [-0.25, -0.2) is 0 Å². The molecule has 5 heteroatoms. The van der Waals surface area contributed by atoms with Gasteiger partial charge < -0.3 is 9.63 Å². The zero-order chi connectivity index (χ0) is 9.42. The molecule has 13 heavy (non-hydrogen) atoms. The number of aldehydes is 1. The summed E-state index contributed by atoms with van der Waals surface area (Å²) in [7, 11) is 0.632. The Hall–Kier alpha value is -0.730. The standard InChI is InChI=1S/C8H10NO3P/c9-12-8(11)7-4(3-10)5-1-2-6(7)13-5/h1-7,13H,9H2. The smallest absolute Gasteiger partial charge is 0.329 e. The molecule has 5 atom stereocenters. The largest absolute Gasteiger partial charge is 0.373 e. The molecule has 0 radical (unpaired) electrons. The molecule has 2 heterocycles. The first kappa shape index (κ1) is 8.85. The summed E-state index contributed by atoms with van der Waals surface area (Å²) in [6.45, 7) is 0. The maximum Gasteiger partial charge on any atom is 0.329 e. The van der Waals surface area contributed by atoms with Crippen molar-refractivity contribution < 1.29 is 14.4 Å². The zero-order valence-electron chi connectivity index (χ0n) is 6.84. The number of hydrogen-bond donors (Lipinski definition) is 1. The Kier molecular flexibility index (Phi) is 2.18. The van der Waals surface area contributed by atoms with Crippen molar-refractivity contribution in [2.24, 2.45) is 17.7 Å². The Morgan fingerprint density at radius 3 is 2.77 bits per heavy atom. The fourth-order valence-corrected chi connectivity index (χ4v) is 4.01. The van der Waals surface area contributed by atoms with Gasteiger partial charge in [0.25, 0.3) is 0 Å². The highest BCUT2D eigenvalue weighted by Crippen LogP contribution is 2.52. The molecule has 2 aliphatic heterocycles. The molecular weight excluding hydrogens is 189 g/mol. The average molecular weight is 199 g/mol. The number of fused-ring (bicyclic) bond motifs is 2. The SMILES string of the molecule is NOC(=O)C1C2C=CC(P2)C1C=O. The van der Waals surface area contributed by atoms with Crippen LogP contribution in [-0.4, -0.2) is 23.6 Å².